The van der Waals surface area contributed by atoms with Crippen molar-refractivity contribution in [2.45, 2.75) is 13.5 Å². The fraction of sp³-hybridized carbons (Fsp3) is 0.385. The zero-order valence-corrected chi connectivity index (χ0v) is 10.4. The highest BCUT2D eigenvalue weighted by Crippen LogP contribution is 2.12. The van der Waals surface area contributed by atoms with E-state index in [1.165, 1.54) is 0 Å². The molecule has 2 rings (SSSR count). The predicted octanol–water partition coefficient (Wildman–Crippen LogP) is 0.459. The minimum absolute atomic E-state index is 0.410. The highest BCUT2D eigenvalue weighted by molar-refractivity contribution is 6.35. The molecule has 0 spiro atoms. The summed E-state index contributed by atoms with van der Waals surface area (Å²) in [6, 6.07) is 7.37. The zero-order chi connectivity index (χ0) is 13.1. The minimum atomic E-state index is -0.425. The van der Waals surface area contributed by atoms with E-state index in [1.54, 1.807) is 15.9 Å². The van der Waals surface area contributed by atoms with Crippen molar-refractivity contribution in [3.63, 3.8) is 0 Å². The molecule has 5 heteroatoms. The third-order valence-corrected chi connectivity index (χ3v) is 3.10. The monoisotopic (exact) mass is 247 g/mol. The maximum Gasteiger partial charge on any atom is 0.312 e. The zero-order valence-electron chi connectivity index (χ0n) is 10.4. The first-order valence-corrected chi connectivity index (χ1v) is 6.04. The molecule has 0 bridgehead atoms. The first-order valence-electron chi connectivity index (χ1n) is 6.04. The van der Waals surface area contributed by atoms with Gasteiger partial charge in [0.25, 0.3) is 0 Å². The van der Waals surface area contributed by atoms with Crippen LogP contribution in [0.5, 0.6) is 0 Å². The van der Waals surface area contributed by atoms with Gasteiger partial charge in [0.2, 0.25) is 0 Å². The number of benzene rings is 1. The predicted molar refractivity (Wildman–Crippen MR) is 68.5 cm³/mol. The van der Waals surface area contributed by atoms with Crippen molar-refractivity contribution in [1.82, 2.24) is 9.80 Å². The number of carbonyl (C=O) groups excluding carboxylic acids is 2. The van der Waals surface area contributed by atoms with E-state index in [1.807, 2.05) is 25.1 Å². The van der Waals surface area contributed by atoms with Crippen LogP contribution in [-0.2, 0) is 16.1 Å². The third-order valence-electron chi connectivity index (χ3n) is 3.10. The van der Waals surface area contributed by atoms with Gasteiger partial charge in [-0.1, -0.05) is 12.1 Å². The lowest BCUT2D eigenvalue weighted by Gasteiger charge is -2.33. The average molecular weight is 247 g/mol. The van der Waals surface area contributed by atoms with Gasteiger partial charge in [-0.05, 0) is 24.6 Å². The molecule has 2 N–H and O–H groups in total. The Kier molecular flexibility index (Phi) is 3.50. The van der Waals surface area contributed by atoms with E-state index in [0.29, 0.717) is 31.9 Å². The summed E-state index contributed by atoms with van der Waals surface area (Å²) in [6.07, 6.45) is 0. The van der Waals surface area contributed by atoms with Crippen molar-refractivity contribution < 1.29 is 9.59 Å². The van der Waals surface area contributed by atoms with Crippen molar-refractivity contribution >= 4 is 17.5 Å². The van der Waals surface area contributed by atoms with Crippen LogP contribution in [0.3, 0.4) is 0 Å². The standard InChI is InChI=1S/C13H17N3O2/c1-2-15-6-7-16(13(18)12(15)17)9-10-4-3-5-11(14)8-10/h3-5,8H,2,6-7,9,14H2,1H3. The molecule has 0 unspecified atom stereocenters. The number of anilines is 1. The molecule has 5 nitrogen and oxygen atoms in total. The molecule has 0 saturated carbocycles. The number of nitrogen functional groups attached to an aromatic ring is 1. The molecule has 96 valence electrons. The molecule has 1 saturated heterocycles. The number of rotatable bonds is 3. The molecule has 1 heterocycles. The third kappa shape index (κ3) is 2.45. The molecule has 2 amide bonds. The number of hydrogen-bond acceptors (Lipinski definition) is 3. The largest absolute Gasteiger partial charge is 0.399 e. The summed E-state index contributed by atoms with van der Waals surface area (Å²) in [5.74, 6) is -0.835. The fourth-order valence-corrected chi connectivity index (χ4v) is 2.08. The quantitative estimate of drug-likeness (QED) is 0.623. The Hall–Kier alpha value is -2.04. The van der Waals surface area contributed by atoms with Gasteiger partial charge in [0, 0.05) is 31.9 Å². The second kappa shape index (κ2) is 5.08. The summed E-state index contributed by atoms with van der Waals surface area (Å²) in [5.41, 5.74) is 7.30. The molecule has 0 atom stereocenters. The van der Waals surface area contributed by atoms with Gasteiger partial charge in [-0.2, -0.15) is 0 Å². The number of hydrogen-bond donors (Lipinski definition) is 1. The topological polar surface area (TPSA) is 66.6 Å². The van der Waals surface area contributed by atoms with E-state index in [9.17, 15) is 9.59 Å². The number of carbonyl (C=O) groups is 2. The van der Waals surface area contributed by atoms with Crippen molar-refractivity contribution in [1.29, 1.82) is 0 Å². The lowest BCUT2D eigenvalue weighted by molar-refractivity contribution is -0.156. The van der Waals surface area contributed by atoms with Crippen LogP contribution in [0.4, 0.5) is 5.69 Å². The fourth-order valence-electron chi connectivity index (χ4n) is 2.08. The van der Waals surface area contributed by atoms with Gasteiger partial charge >= 0.3 is 11.8 Å². The molecular formula is C13H17N3O2. The maximum absolute atomic E-state index is 11.9. The van der Waals surface area contributed by atoms with Crippen LogP contribution in [-0.4, -0.2) is 41.2 Å². The highest BCUT2D eigenvalue weighted by atomic mass is 16.2. The molecule has 0 radical (unpaired) electrons. The Morgan fingerprint density at radius 3 is 2.50 bits per heavy atom. The molecule has 0 aromatic heterocycles. The highest BCUT2D eigenvalue weighted by Gasteiger charge is 2.31. The second-order valence-corrected chi connectivity index (χ2v) is 4.36. The van der Waals surface area contributed by atoms with Crippen LogP contribution in [0.25, 0.3) is 0 Å². The van der Waals surface area contributed by atoms with Gasteiger partial charge in [0.05, 0.1) is 0 Å². The van der Waals surface area contributed by atoms with E-state index in [4.69, 9.17) is 5.73 Å². The number of nitrogens with zero attached hydrogens (tertiary/aromatic N) is 2. The molecule has 0 aliphatic carbocycles. The molecule has 1 aliphatic heterocycles. The molecular weight excluding hydrogens is 230 g/mol. The first-order chi connectivity index (χ1) is 8.61. The van der Waals surface area contributed by atoms with Gasteiger partial charge < -0.3 is 15.5 Å². The Morgan fingerprint density at radius 2 is 1.83 bits per heavy atom. The van der Waals surface area contributed by atoms with Crippen LogP contribution in [0.2, 0.25) is 0 Å². The van der Waals surface area contributed by atoms with Crippen LogP contribution in [0.1, 0.15) is 12.5 Å². The Morgan fingerprint density at radius 1 is 1.17 bits per heavy atom. The van der Waals surface area contributed by atoms with E-state index in [0.717, 1.165) is 5.56 Å². The number of piperazine rings is 1. The molecule has 18 heavy (non-hydrogen) atoms. The Bertz CT molecular complexity index is 473. The SMILES string of the molecule is CCN1CCN(Cc2cccc(N)c2)C(=O)C1=O. The van der Waals surface area contributed by atoms with E-state index >= 15 is 0 Å². The van der Waals surface area contributed by atoms with Crippen molar-refractivity contribution in [2.24, 2.45) is 0 Å². The molecule has 1 fully saturated rings. The van der Waals surface area contributed by atoms with Crippen LogP contribution >= 0.6 is 0 Å². The number of likely N-dealkylation sites (N-methyl/N-ethyl adjacent to an activating group) is 1. The summed E-state index contributed by atoms with van der Waals surface area (Å²) >= 11 is 0. The van der Waals surface area contributed by atoms with E-state index < -0.39 is 11.8 Å². The average Bonchev–Trinajstić information content (AvgIpc) is 2.35. The molecule has 1 aromatic rings. The second-order valence-electron chi connectivity index (χ2n) is 4.36. The van der Waals surface area contributed by atoms with E-state index in [2.05, 4.69) is 0 Å². The maximum atomic E-state index is 11.9. The Labute approximate surface area is 106 Å². The van der Waals surface area contributed by atoms with Crippen molar-refractivity contribution in [3.8, 4) is 0 Å². The summed E-state index contributed by atoms with van der Waals surface area (Å²) in [6.45, 7) is 4.07. The smallest absolute Gasteiger partial charge is 0.312 e. The van der Waals surface area contributed by atoms with Gasteiger partial charge in [-0.3, -0.25) is 9.59 Å². The van der Waals surface area contributed by atoms with Crippen LogP contribution in [0.15, 0.2) is 24.3 Å². The normalized spacial score (nSPS) is 16.3. The van der Waals surface area contributed by atoms with Gasteiger partial charge in [0.1, 0.15) is 0 Å². The van der Waals surface area contributed by atoms with Gasteiger partial charge in [-0.25, -0.2) is 0 Å². The Balaban J connectivity index is 2.07. The lowest BCUT2D eigenvalue weighted by Crippen LogP contribution is -2.53. The van der Waals surface area contributed by atoms with Crippen molar-refractivity contribution in [2.75, 3.05) is 25.4 Å². The summed E-state index contributed by atoms with van der Waals surface area (Å²) in [5, 5.41) is 0. The number of amides is 2. The molecule has 1 aromatic carbocycles. The first kappa shape index (κ1) is 12.4. The van der Waals surface area contributed by atoms with Crippen molar-refractivity contribution in [3.05, 3.63) is 29.8 Å². The van der Waals surface area contributed by atoms with Gasteiger partial charge in [-0.15, -0.1) is 0 Å². The van der Waals surface area contributed by atoms with Gasteiger partial charge in [0.15, 0.2) is 0 Å². The van der Waals surface area contributed by atoms with E-state index in [-0.39, 0.29) is 0 Å². The summed E-state index contributed by atoms with van der Waals surface area (Å²) in [7, 11) is 0. The summed E-state index contributed by atoms with van der Waals surface area (Å²) < 4.78 is 0. The summed E-state index contributed by atoms with van der Waals surface area (Å²) in [4.78, 5) is 26.8. The minimum Gasteiger partial charge on any atom is -0.399 e. The molecule has 1 aliphatic rings. The lowest BCUT2D eigenvalue weighted by atomic mass is 10.1. The van der Waals surface area contributed by atoms with Crippen LogP contribution < -0.4 is 5.73 Å². The van der Waals surface area contributed by atoms with Crippen LogP contribution in [0, 0.1) is 0 Å². The number of nitrogens with two attached hydrogens (primary N) is 1.